The summed E-state index contributed by atoms with van der Waals surface area (Å²) in [5.41, 5.74) is 5.72. The first-order valence-corrected chi connectivity index (χ1v) is 6.86. The fourth-order valence-corrected chi connectivity index (χ4v) is 2.78. The normalized spacial score (nSPS) is 12.8. The fraction of sp³-hybridized carbons (Fsp3) is 0.500. The SMILES string of the molecule is CCC(CCO)Nc1nc(N)nc2sc(C)cc12. The minimum Gasteiger partial charge on any atom is -0.396 e. The highest BCUT2D eigenvalue weighted by atomic mass is 32.1. The maximum atomic E-state index is 9.02. The van der Waals surface area contributed by atoms with E-state index in [1.165, 1.54) is 4.88 Å². The third-order valence-electron chi connectivity index (χ3n) is 2.84. The van der Waals surface area contributed by atoms with Crippen LogP contribution in [0.25, 0.3) is 10.2 Å². The topological polar surface area (TPSA) is 84.1 Å². The standard InChI is InChI=1S/C12H18N4OS/c1-3-8(4-5-17)14-10-9-6-7(2)18-11(9)16-12(13)15-10/h6,8,17H,3-5H2,1-2H3,(H3,13,14,15,16). The minimum atomic E-state index is 0.165. The molecule has 6 heteroatoms. The van der Waals surface area contributed by atoms with Gasteiger partial charge in [0.1, 0.15) is 10.6 Å². The van der Waals surface area contributed by atoms with Crippen molar-refractivity contribution in [3.8, 4) is 0 Å². The van der Waals surface area contributed by atoms with E-state index in [0.29, 0.717) is 6.42 Å². The third-order valence-corrected chi connectivity index (χ3v) is 3.79. The van der Waals surface area contributed by atoms with E-state index in [4.69, 9.17) is 10.8 Å². The Bertz CT molecular complexity index is 540. The number of nitrogens with one attached hydrogen (secondary N) is 1. The van der Waals surface area contributed by atoms with E-state index in [2.05, 4.69) is 28.3 Å². The van der Waals surface area contributed by atoms with Crippen LogP contribution in [0, 0.1) is 6.92 Å². The van der Waals surface area contributed by atoms with E-state index >= 15 is 0 Å². The smallest absolute Gasteiger partial charge is 0.223 e. The van der Waals surface area contributed by atoms with Gasteiger partial charge in [-0.05, 0) is 25.8 Å². The largest absolute Gasteiger partial charge is 0.396 e. The number of hydrogen-bond acceptors (Lipinski definition) is 6. The first kappa shape index (κ1) is 13.0. The molecule has 0 spiro atoms. The van der Waals surface area contributed by atoms with Gasteiger partial charge in [-0.1, -0.05) is 6.92 Å². The fourth-order valence-electron chi connectivity index (χ4n) is 1.90. The lowest BCUT2D eigenvalue weighted by atomic mass is 10.1. The van der Waals surface area contributed by atoms with Crippen molar-refractivity contribution in [3.63, 3.8) is 0 Å². The average molecular weight is 266 g/mol. The molecule has 2 heterocycles. The van der Waals surface area contributed by atoms with Gasteiger partial charge < -0.3 is 16.2 Å². The van der Waals surface area contributed by atoms with E-state index in [1.54, 1.807) is 11.3 Å². The maximum Gasteiger partial charge on any atom is 0.223 e. The molecule has 0 radical (unpaired) electrons. The number of aromatic nitrogens is 2. The summed E-state index contributed by atoms with van der Waals surface area (Å²) < 4.78 is 0. The van der Waals surface area contributed by atoms with Crippen molar-refractivity contribution in [2.75, 3.05) is 17.7 Å². The van der Waals surface area contributed by atoms with Crippen LogP contribution >= 0.6 is 11.3 Å². The molecule has 4 N–H and O–H groups in total. The molecule has 0 saturated heterocycles. The van der Waals surface area contributed by atoms with Gasteiger partial charge in [-0.3, -0.25) is 0 Å². The zero-order valence-electron chi connectivity index (χ0n) is 10.6. The second-order valence-electron chi connectivity index (χ2n) is 4.27. The summed E-state index contributed by atoms with van der Waals surface area (Å²) in [6.07, 6.45) is 1.63. The van der Waals surface area contributed by atoms with E-state index in [0.717, 1.165) is 22.5 Å². The van der Waals surface area contributed by atoms with E-state index in [-0.39, 0.29) is 18.6 Å². The lowest BCUT2D eigenvalue weighted by Gasteiger charge is -2.17. The molecule has 0 aliphatic carbocycles. The predicted molar refractivity (Wildman–Crippen MR) is 76.0 cm³/mol. The molecule has 0 fully saturated rings. The molecule has 98 valence electrons. The van der Waals surface area contributed by atoms with Crippen molar-refractivity contribution >= 4 is 33.3 Å². The number of thiophene rings is 1. The van der Waals surface area contributed by atoms with Gasteiger partial charge in [-0.2, -0.15) is 4.98 Å². The van der Waals surface area contributed by atoms with Gasteiger partial charge in [0.15, 0.2) is 0 Å². The summed E-state index contributed by atoms with van der Waals surface area (Å²) in [6, 6.07) is 2.26. The Kier molecular flexibility index (Phi) is 3.98. The van der Waals surface area contributed by atoms with Crippen LogP contribution in [0.5, 0.6) is 0 Å². The molecule has 2 aromatic heterocycles. The number of aliphatic hydroxyl groups excluding tert-OH is 1. The van der Waals surface area contributed by atoms with Crippen molar-refractivity contribution in [1.82, 2.24) is 9.97 Å². The minimum absolute atomic E-state index is 0.165. The maximum absolute atomic E-state index is 9.02. The summed E-state index contributed by atoms with van der Waals surface area (Å²) in [5.74, 6) is 1.05. The molecule has 2 aromatic rings. The van der Waals surface area contributed by atoms with Gasteiger partial charge in [-0.25, -0.2) is 4.98 Å². The van der Waals surface area contributed by atoms with Gasteiger partial charge in [0.25, 0.3) is 0 Å². The van der Waals surface area contributed by atoms with Crippen molar-refractivity contribution in [3.05, 3.63) is 10.9 Å². The first-order chi connectivity index (χ1) is 8.63. The number of rotatable bonds is 5. The molecular formula is C12H18N4OS. The Morgan fingerprint density at radius 3 is 2.94 bits per heavy atom. The molecule has 1 unspecified atom stereocenters. The van der Waals surface area contributed by atoms with Gasteiger partial charge in [0.2, 0.25) is 5.95 Å². The van der Waals surface area contributed by atoms with Crippen LogP contribution < -0.4 is 11.1 Å². The Balaban J connectivity index is 2.36. The molecule has 1 atom stereocenters. The van der Waals surface area contributed by atoms with Crippen molar-refractivity contribution in [1.29, 1.82) is 0 Å². The van der Waals surface area contributed by atoms with Gasteiger partial charge in [-0.15, -0.1) is 11.3 Å². The van der Waals surface area contributed by atoms with Crippen LogP contribution in [0.4, 0.5) is 11.8 Å². The monoisotopic (exact) mass is 266 g/mol. The number of nitrogen functional groups attached to an aromatic ring is 1. The quantitative estimate of drug-likeness (QED) is 0.772. The number of fused-ring (bicyclic) bond motifs is 1. The highest BCUT2D eigenvalue weighted by Gasteiger charge is 2.12. The Morgan fingerprint density at radius 1 is 1.50 bits per heavy atom. The average Bonchev–Trinajstić information content (AvgIpc) is 2.68. The molecule has 0 bridgehead atoms. The molecule has 0 aromatic carbocycles. The van der Waals surface area contributed by atoms with E-state index < -0.39 is 0 Å². The number of aryl methyl sites for hydroxylation is 1. The van der Waals surface area contributed by atoms with Gasteiger partial charge >= 0.3 is 0 Å². The molecular weight excluding hydrogens is 248 g/mol. The molecule has 0 aliphatic rings. The summed E-state index contributed by atoms with van der Waals surface area (Å²) in [7, 11) is 0. The lowest BCUT2D eigenvalue weighted by Crippen LogP contribution is -2.21. The van der Waals surface area contributed by atoms with Crippen LogP contribution in [0.2, 0.25) is 0 Å². The summed E-state index contributed by atoms with van der Waals surface area (Å²) in [4.78, 5) is 10.6. The van der Waals surface area contributed by atoms with Gasteiger partial charge in [0.05, 0.1) is 5.39 Å². The molecule has 5 nitrogen and oxygen atoms in total. The zero-order chi connectivity index (χ0) is 13.1. The van der Waals surface area contributed by atoms with Crippen molar-refractivity contribution < 1.29 is 5.11 Å². The van der Waals surface area contributed by atoms with Crippen LogP contribution in [-0.4, -0.2) is 27.7 Å². The van der Waals surface area contributed by atoms with Crippen LogP contribution in [0.3, 0.4) is 0 Å². The number of nitrogens with two attached hydrogens (primary N) is 1. The number of aliphatic hydroxyl groups is 1. The summed E-state index contributed by atoms with van der Waals surface area (Å²) in [6.45, 7) is 4.28. The number of hydrogen-bond donors (Lipinski definition) is 3. The molecule has 0 saturated carbocycles. The zero-order valence-corrected chi connectivity index (χ0v) is 11.4. The molecule has 2 rings (SSSR count). The molecule has 0 aliphatic heterocycles. The molecule has 18 heavy (non-hydrogen) atoms. The van der Waals surface area contributed by atoms with Crippen LogP contribution in [0.1, 0.15) is 24.6 Å². The predicted octanol–water partition coefficient (Wildman–Crippen LogP) is 2.15. The van der Waals surface area contributed by atoms with Crippen molar-refractivity contribution in [2.45, 2.75) is 32.7 Å². The second-order valence-corrected chi connectivity index (χ2v) is 5.50. The van der Waals surface area contributed by atoms with E-state index in [9.17, 15) is 0 Å². The third kappa shape index (κ3) is 2.70. The summed E-state index contributed by atoms with van der Waals surface area (Å²) >= 11 is 1.61. The second kappa shape index (κ2) is 5.49. The Morgan fingerprint density at radius 2 is 2.28 bits per heavy atom. The lowest BCUT2D eigenvalue weighted by molar-refractivity contribution is 0.278. The number of anilines is 2. The summed E-state index contributed by atoms with van der Waals surface area (Å²) in [5, 5.41) is 13.4. The van der Waals surface area contributed by atoms with Crippen LogP contribution in [0.15, 0.2) is 6.07 Å². The molecule has 0 amide bonds. The van der Waals surface area contributed by atoms with Gasteiger partial charge in [0, 0.05) is 17.5 Å². The highest BCUT2D eigenvalue weighted by molar-refractivity contribution is 7.18. The van der Waals surface area contributed by atoms with E-state index in [1.807, 2.05) is 6.92 Å². The highest BCUT2D eigenvalue weighted by Crippen LogP contribution is 2.29. The van der Waals surface area contributed by atoms with Crippen LogP contribution in [-0.2, 0) is 0 Å². The Labute approximate surface area is 110 Å². The first-order valence-electron chi connectivity index (χ1n) is 6.05. The van der Waals surface area contributed by atoms with Crippen molar-refractivity contribution in [2.24, 2.45) is 0 Å². The Hall–Kier alpha value is -1.40. The number of nitrogens with zero attached hydrogens (tertiary/aromatic N) is 2.